The Morgan fingerprint density at radius 2 is 1.86 bits per heavy atom. The zero-order valence-electron chi connectivity index (χ0n) is 14.9. The van der Waals surface area contributed by atoms with Gasteiger partial charge in [-0.3, -0.25) is 19.4 Å². The lowest BCUT2D eigenvalue weighted by atomic mass is 10.3. The van der Waals surface area contributed by atoms with Crippen molar-refractivity contribution in [2.24, 2.45) is 0 Å². The van der Waals surface area contributed by atoms with Gasteiger partial charge in [0.2, 0.25) is 5.75 Å². The second kappa shape index (κ2) is 8.05. The molecule has 0 aliphatic heterocycles. The molecule has 0 aliphatic carbocycles. The average Bonchev–Trinajstić information content (AvgIpc) is 2.70. The van der Waals surface area contributed by atoms with Crippen molar-refractivity contribution in [3.63, 3.8) is 0 Å². The zero-order valence-corrected chi connectivity index (χ0v) is 15.7. The van der Waals surface area contributed by atoms with Crippen LogP contribution in [0.15, 0.2) is 78.0 Å². The standard InChI is InChI=1S/C19H17N3O5S/c1-2-21(15-7-4-3-5-8-15)28(25,26)17-10-11-19(18(13-17)22(23)24)27-16-9-6-12-20-14-16/h3-14H,2H2,1H3. The van der Waals surface area contributed by atoms with E-state index < -0.39 is 20.6 Å². The van der Waals surface area contributed by atoms with Gasteiger partial charge in [-0.25, -0.2) is 8.42 Å². The van der Waals surface area contributed by atoms with Crippen molar-refractivity contribution in [2.75, 3.05) is 10.8 Å². The molecule has 1 aromatic heterocycles. The van der Waals surface area contributed by atoms with Gasteiger partial charge in [0.1, 0.15) is 5.75 Å². The summed E-state index contributed by atoms with van der Waals surface area (Å²) in [5.74, 6) is 0.236. The first-order valence-electron chi connectivity index (χ1n) is 8.37. The highest BCUT2D eigenvalue weighted by atomic mass is 32.2. The van der Waals surface area contributed by atoms with Crippen LogP contribution in [0.4, 0.5) is 11.4 Å². The maximum atomic E-state index is 13.1. The summed E-state index contributed by atoms with van der Waals surface area (Å²) in [7, 11) is -3.99. The number of pyridine rings is 1. The van der Waals surface area contributed by atoms with Gasteiger partial charge in [0.05, 0.1) is 21.7 Å². The average molecular weight is 399 g/mol. The third-order valence-corrected chi connectivity index (χ3v) is 5.81. The zero-order chi connectivity index (χ0) is 20.1. The SMILES string of the molecule is CCN(c1ccccc1)S(=O)(=O)c1ccc(Oc2cccnc2)c([N+](=O)[O-])c1. The molecule has 1 heterocycles. The highest BCUT2D eigenvalue weighted by Crippen LogP contribution is 2.34. The number of benzene rings is 2. The predicted octanol–water partition coefficient (Wildman–Crippen LogP) is 4.00. The van der Waals surface area contributed by atoms with E-state index in [4.69, 9.17) is 4.74 Å². The van der Waals surface area contributed by atoms with Crippen LogP contribution in [-0.4, -0.2) is 24.9 Å². The van der Waals surface area contributed by atoms with Crippen molar-refractivity contribution in [2.45, 2.75) is 11.8 Å². The molecule has 0 atom stereocenters. The van der Waals surface area contributed by atoms with Gasteiger partial charge in [-0.1, -0.05) is 18.2 Å². The second-order valence-corrected chi connectivity index (χ2v) is 7.55. The maximum Gasteiger partial charge on any atom is 0.312 e. The minimum Gasteiger partial charge on any atom is -0.449 e. The predicted molar refractivity (Wildman–Crippen MR) is 104 cm³/mol. The highest BCUT2D eigenvalue weighted by Gasteiger charge is 2.27. The van der Waals surface area contributed by atoms with Crippen LogP contribution < -0.4 is 9.04 Å². The van der Waals surface area contributed by atoms with Crippen molar-refractivity contribution >= 4 is 21.4 Å². The lowest BCUT2D eigenvalue weighted by Gasteiger charge is -2.23. The molecule has 8 nitrogen and oxygen atoms in total. The fourth-order valence-electron chi connectivity index (χ4n) is 2.63. The number of anilines is 1. The summed E-state index contributed by atoms with van der Waals surface area (Å²) in [4.78, 5) is 14.5. The Kier molecular flexibility index (Phi) is 5.55. The number of nitro groups is 1. The normalized spacial score (nSPS) is 11.0. The number of para-hydroxylation sites is 1. The van der Waals surface area contributed by atoms with E-state index in [-0.39, 0.29) is 17.2 Å². The largest absolute Gasteiger partial charge is 0.449 e. The smallest absolute Gasteiger partial charge is 0.312 e. The topological polar surface area (TPSA) is 103 Å². The van der Waals surface area contributed by atoms with Crippen molar-refractivity contribution in [1.29, 1.82) is 0 Å². The summed E-state index contributed by atoms with van der Waals surface area (Å²) in [6.07, 6.45) is 2.95. The van der Waals surface area contributed by atoms with Crippen LogP contribution in [0.2, 0.25) is 0 Å². The molecule has 0 saturated heterocycles. The number of hydrogen-bond acceptors (Lipinski definition) is 6. The maximum absolute atomic E-state index is 13.1. The molecule has 0 fully saturated rings. The van der Waals surface area contributed by atoms with Crippen LogP contribution in [0.25, 0.3) is 0 Å². The summed E-state index contributed by atoms with van der Waals surface area (Å²) in [5, 5.41) is 11.5. The van der Waals surface area contributed by atoms with E-state index in [1.165, 1.54) is 22.6 Å². The number of sulfonamides is 1. The van der Waals surface area contributed by atoms with E-state index >= 15 is 0 Å². The second-order valence-electron chi connectivity index (χ2n) is 5.68. The summed E-state index contributed by atoms with van der Waals surface area (Å²) in [5.41, 5.74) is 0.0254. The van der Waals surface area contributed by atoms with Crippen molar-refractivity contribution in [3.8, 4) is 11.5 Å². The van der Waals surface area contributed by atoms with Crippen LogP contribution in [-0.2, 0) is 10.0 Å². The van der Waals surface area contributed by atoms with E-state index in [1.807, 2.05) is 0 Å². The lowest BCUT2D eigenvalue weighted by Crippen LogP contribution is -2.30. The molecule has 28 heavy (non-hydrogen) atoms. The minimum atomic E-state index is -3.99. The fourth-order valence-corrected chi connectivity index (χ4v) is 4.13. The molecular weight excluding hydrogens is 382 g/mol. The molecule has 0 unspecified atom stereocenters. The van der Waals surface area contributed by atoms with E-state index in [1.54, 1.807) is 55.6 Å². The number of hydrogen-bond donors (Lipinski definition) is 0. The lowest BCUT2D eigenvalue weighted by molar-refractivity contribution is -0.385. The first kappa shape index (κ1) is 19.3. The molecule has 0 amide bonds. The number of ether oxygens (including phenoxy) is 1. The van der Waals surface area contributed by atoms with Crippen LogP contribution in [0.5, 0.6) is 11.5 Å². The van der Waals surface area contributed by atoms with Gasteiger partial charge in [-0.05, 0) is 43.3 Å². The van der Waals surface area contributed by atoms with Gasteiger partial charge in [-0.15, -0.1) is 0 Å². The van der Waals surface area contributed by atoms with E-state index in [9.17, 15) is 18.5 Å². The van der Waals surface area contributed by atoms with Crippen molar-refractivity contribution in [1.82, 2.24) is 4.98 Å². The Bertz CT molecular complexity index is 1070. The Balaban J connectivity index is 2.02. The Hall–Kier alpha value is -3.46. The van der Waals surface area contributed by atoms with Crippen LogP contribution in [0.3, 0.4) is 0 Å². The molecule has 9 heteroatoms. The number of rotatable bonds is 7. The fraction of sp³-hybridized carbons (Fsp3) is 0.105. The van der Waals surface area contributed by atoms with Crippen LogP contribution >= 0.6 is 0 Å². The van der Waals surface area contributed by atoms with Crippen LogP contribution in [0, 0.1) is 10.1 Å². The number of nitrogens with zero attached hydrogens (tertiary/aromatic N) is 3. The molecule has 0 aliphatic rings. The van der Waals surface area contributed by atoms with E-state index in [2.05, 4.69) is 4.98 Å². The molecule has 3 rings (SSSR count). The van der Waals surface area contributed by atoms with Gasteiger partial charge >= 0.3 is 5.69 Å². The van der Waals surface area contributed by atoms with Gasteiger partial charge in [0, 0.05) is 18.8 Å². The molecule has 3 aromatic rings. The Morgan fingerprint density at radius 1 is 1.11 bits per heavy atom. The van der Waals surface area contributed by atoms with E-state index in [0.29, 0.717) is 11.4 Å². The molecule has 0 saturated carbocycles. The summed E-state index contributed by atoms with van der Waals surface area (Å²) in [6.45, 7) is 1.87. The Morgan fingerprint density at radius 3 is 2.46 bits per heavy atom. The number of aromatic nitrogens is 1. The molecule has 0 bridgehead atoms. The van der Waals surface area contributed by atoms with Crippen LogP contribution in [0.1, 0.15) is 6.92 Å². The monoisotopic (exact) mass is 399 g/mol. The quantitative estimate of drug-likeness (QED) is 0.439. The van der Waals surface area contributed by atoms with Gasteiger partial charge in [0.15, 0.2) is 0 Å². The minimum absolute atomic E-state index is 0.0697. The molecule has 144 valence electrons. The molecule has 0 radical (unpaired) electrons. The highest BCUT2D eigenvalue weighted by molar-refractivity contribution is 7.92. The number of nitro benzene ring substituents is 1. The van der Waals surface area contributed by atoms with Crippen molar-refractivity contribution < 1.29 is 18.1 Å². The van der Waals surface area contributed by atoms with Gasteiger partial charge < -0.3 is 4.74 Å². The molecule has 2 aromatic carbocycles. The van der Waals surface area contributed by atoms with E-state index in [0.717, 1.165) is 6.07 Å². The summed E-state index contributed by atoms with van der Waals surface area (Å²) < 4.78 is 32.8. The molecule has 0 N–H and O–H groups in total. The third kappa shape index (κ3) is 3.94. The molecular formula is C19H17N3O5S. The third-order valence-electron chi connectivity index (χ3n) is 3.91. The van der Waals surface area contributed by atoms with Crippen molar-refractivity contribution in [3.05, 3.63) is 83.2 Å². The first-order chi connectivity index (χ1) is 13.4. The Labute approximate surface area is 162 Å². The summed E-state index contributed by atoms with van der Waals surface area (Å²) in [6, 6.07) is 15.3. The van der Waals surface area contributed by atoms with Gasteiger partial charge in [-0.2, -0.15) is 0 Å². The summed E-state index contributed by atoms with van der Waals surface area (Å²) >= 11 is 0. The van der Waals surface area contributed by atoms with Gasteiger partial charge in [0.25, 0.3) is 10.0 Å². The first-order valence-corrected chi connectivity index (χ1v) is 9.81. The molecule has 0 spiro atoms.